The molecule has 2 aromatic heterocycles. The van der Waals surface area contributed by atoms with E-state index in [1.165, 1.54) is 4.88 Å². The van der Waals surface area contributed by atoms with Gasteiger partial charge in [-0.05, 0) is 24.4 Å². The first-order valence-corrected chi connectivity index (χ1v) is 10.3. The summed E-state index contributed by atoms with van der Waals surface area (Å²) in [6, 6.07) is 8.34. The van der Waals surface area contributed by atoms with Gasteiger partial charge in [0.1, 0.15) is 10.8 Å². The molecule has 1 N–H and O–H groups in total. The van der Waals surface area contributed by atoms with Crippen LogP contribution in [0.4, 0.5) is 0 Å². The molecule has 1 aliphatic rings. The lowest BCUT2D eigenvalue weighted by Gasteiger charge is -2.18. The number of aromatic nitrogens is 1. The van der Waals surface area contributed by atoms with Crippen molar-refractivity contribution >= 4 is 35.1 Å². The first kappa shape index (κ1) is 19.9. The summed E-state index contributed by atoms with van der Waals surface area (Å²) in [5, 5.41) is 8.87. The summed E-state index contributed by atoms with van der Waals surface area (Å²) < 4.78 is 16.8. The van der Waals surface area contributed by atoms with Crippen LogP contribution < -0.4 is 19.5 Å². The number of nitrogens with one attached hydrogen (secondary N) is 1. The molecule has 4 rings (SSSR count). The van der Waals surface area contributed by atoms with Gasteiger partial charge >= 0.3 is 0 Å². The van der Waals surface area contributed by atoms with Crippen molar-refractivity contribution in [2.75, 3.05) is 13.4 Å². The third-order valence-electron chi connectivity index (χ3n) is 4.13. The molecule has 0 saturated heterocycles. The molecule has 3 heterocycles. The lowest BCUT2D eigenvalue weighted by molar-refractivity contribution is 0.173. The molecular formula is C19H21ClN2O3S2. The molecule has 5 nitrogen and oxygen atoms in total. The molecule has 0 fully saturated rings. The summed E-state index contributed by atoms with van der Waals surface area (Å²) in [6.45, 7) is 3.52. The van der Waals surface area contributed by atoms with Crippen molar-refractivity contribution in [3.05, 3.63) is 56.7 Å². The van der Waals surface area contributed by atoms with Gasteiger partial charge in [-0.3, -0.25) is 0 Å². The van der Waals surface area contributed by atoms with Crippen molar-refractivity contribution in [1.82, 2.24) is 10.3 Å². The van der Waals surface area contributed by atoms with E-state index >= 15 is 0 Å². The number of hydrogen-bond donors (Lipinski definition) is 1. The van der Waals surface area contributed by atoms with Crippen LogP contribution >= 0.6 is 35.1 Å². The molecule has 0 saturated carbocycles. The molecule has 144 valence electrons. The van der Waals surface area contributed by atoms with E-state index in [9.17, 15) is 0 Å². The Morgan fingerprint density at radius 3 is 2.78 bits per heavy atom. The average Bonchev–Trinajstić information content (AvgIpc) is 3.40. The van der Waals surface area contributed by atoms with E-state index in [0.717, 1.165) is 34.2 Å². The quantitative estimate of drug-likeness (QED) is 0.561. The van der Waals surface area contributed by atoms with Crippen LogP contribution in [-0.2, 0) is 13.0 Å². The SMILES string of the molecule is CCOc1cc2c(cc1CNC(Cc1cccs1)c1nccs1)OCO2.Cl. The molecule has 0 aliphatic carbocycles. The molecule has 1 atom stereocenters. The van der Waals surface area contributed by atoms with E-state index < -0.39 is 0 Å². The lowest BCUT2D eigenvalue weighted by atomic mass is 10.1. The Bertz CT molecular complexity index is 841. The predicted molar refractivity (Wildman–Crippen MR) is 111 cm³/mol. The maximum Gasteiger partial charge on any atom is 0.231 e. The second-order valence-corrected chi connectivity index (χ2v) is 7.79. The number of fused-ring (bicyclic) bond motifs is 1. The Balaban J connectivity index is 0.00000210. The molecule has 3 aromatic rings. The number of hydrogen-bond acceptors (Lipinski definition) is 7. The van der Waals surface area contributed by atoms with Crippen molar-refractivity contribution in [2.24, 2.45) is 0 Å². The topological polar surface area (TPSA) is 52.6 Å². The molecule has 0 radical (unpaired) electrons. The zero-order valence-electron chi connectivity index (χ0n) is 14.8. The third-order valence-corrected chi connectivity index (χ3v) is 5.92. The molecule has 0 amide bonds. The Morgan fingerprint density at radius 2 is 2.07 bits per heavy atom. The molecule has 8 heteroatoms. The Kier molecular flexibility index (Phi) is 6.95. The van der Waals surface area contributed by atoms with Gasteiger partial charge < -0.3 is 19.5 Å². The summed E-state index contributed by atoms with van der Waals surface area (Å²) in [4.78, 5) is 5.85. The summed E-state index contributed by atoms with van der Waals surface area (Å²) in [5.41, 5.74) is 1.06. The number of halogens is 1. The van der Waals surface area contributed by atoms with Crippen LogP contribution in [0.2, 0.25) is 0 Å². The number of thiophene rings is 1. The largest absolute Gasteiger partial charge is 0.493 e. The fraction of sp³-hybridized carbons (Fsp3) is 0.316. The van der Waals surface area contributed by atoms with Crippen LogP contribution in [0.15, 0.2) is 41.2 Å². The van der Waals surface area contributed by atoms with E-state index in [2.05, 4.69) is 27.8 Å². The Hall–Kier alpha value is -1.80. The second-order valence-electron chi connectivity index (χ2n) is 5.83. The zero-order chi connectivity index (χ0) is 17.8. The zero-order valence-corrected chi connectivity index (χ0v) is 17.3. The highest BCUT2D eigenvalue weighted by Gasteiger charge is 2.20. The second kappa shape index (κ2) is 9.41. The number of thiazole rings is 1. The van der Waals surface area contributed by atoms with Crippen LogP contribution in [0.3, 0.4) is 0 Å². The first-order chi connectivity index (χ1) is 12.8. The maximum atomic E-state index is 5.80. The van der Waals surface area contributed by atoms with Gasteiger partial charge in [0.05, 0.1) is 12.6 Å². The van der Waals surface area contributed by atoms with Gasteiger partial charge in [-0.1, -0.05) is 6.07 Å². The predicted octanol–water partition coefficient (Wildman–Crippen LogP) is 4.83. The molecule has 27 heavy (non-hydrogen) atoms. The summed E-state index contributed by atoms with van der Waals surface area (Å²) >= 11 is 3.45. The molecule has 1 aliphatic heterocycles. The normalized spacial score (nSPS) is 13.2. The van der Waals surface area contributed by atoms with Crippen molar-refractivity contribution in [3.63, 3.8) is 0 Å². The molecule has 1 aromatic carbocycles. The van der Waals surface area contributed by atoms with Gasteiger partial charge in [0.2, 0.25) is 6.79 Å². The monoisotopic (exact) mass is 424 g/mol. The van der Waals surface area contributed by atoms with Crippen molar-refractivity contribution in [1.29, 1.82) is 0 Å². The van der Waals surface area contributed by atoms with Crippen LogP contribution in [0, 0.1) is 0 Å². The Morgan fingerprint density at radius 1 is 1.22 bits per heavy atom. The van der Waals surface area contributed by atoms with Crippen LogP contribution in [0.5, 0.6) is 17.2 Å². The first-order valence-electron chi connectivity index (χ1n) is 8.54. The van der Waals surface area contributed by atoms with Gasteiger partial charge in [-0.25, -0.2) is 4.98 Å². The van der Waals surface area contributed by atoms with Gasteiger partial charge in [0.25, 0.3) is 0 Å². The highest BCUT2D eigenvalue weighted by atomic mass is 35.5. The van der Waals surface area contributed by atoms with Gasteiger partial charge in [0, 0.05) is 41.0 Å². The number of benzene rings is 1. The molecule has 1 unspecified atom stereocenters. The van der Waals surface area contributed by atoms with Crippen LogP contribution in [0.1, 0.15) is 28.4 Å². The number of rotatable bonds is 8. The minimum Gasteiger partial charge on any atom is -0.493 e. The molecular weight excluding hydrogens is 404 g/mol. The van der Waals surface area contributed by atoms with E-state index in [1.54, 1.807) is 22.7 Å². The summed E-state index contributed by atoms with van der Waals surface area (Å²) in [6.07, 6.45) is 2.77. The number of nitrogens with zero attached hydrogens (tertiary/aromatic N) is 1. The lowest BCUT2D eigenvalue weighted by Crippen LogP contribution is -2.23. The minimum absolute atomic E-state index is 0. The molecule has 0 bridgehead atoms. The maximum absolute atomic E-state index is 5.80. The van der Waals surface area contributed by atoms with Crippen molar-refractivity contribution in [3.8, 4) is 17.2 Å². The van der Waals surface area contributed by atoms with Crippen LogP contribution in [-0.4, -0.2) is 18.4 Å². The van der Waals surface area contributed by atoms with Crippen LogP contribution in [0.25, 0.3) is 0 Å². The fourth-order valence-corrected chi connectivity index (χ4v) is 4.38. The smallest absolute Gasteiger partial charge is 0.231 e. The van der Waals surface area contributed by atoms with E-state index in [-0.39, 0.29) is 25.2 Å². The average molecular weight is 425 g/mol. The van der Waals surface area contributed by atoms with Crippen molar-refractivity contribution in [2.45, 2.75) is 25.9 Å². The van der Waals surface area contributed by atoms with Crippen molar-refractivity contribution < 1.29 is 14.2 Å². The van der Waals surface area contributed by atoms with Gasteiger partial charge in [-0.15, -0.1) is 35.1 Å². The van der Waals surface area contributed by atoms with E-state index in [1.807, 2.05) is 30.6 Å². The fourth-order valence-electron chi connectivity index (χ4n) is 2.91. The van der Waals surface area contributed by atoms with Gasteiger partial charge in [-0.2, -0.15) is 0 Å². The van der Waals surface area contributed by atoms with E-state index in [4.69, 9.17) is 14.2 Å². The highest BCUT2D eigenvalue weighted by molar-refractivity contribution is 7.10. The standard InChI is InChI=1S/C19H20N2O3S2.ClH/c1-2-22-16-10-18-17(23-12-24-18)8-13(16)11-21-15(19-20-5-7-26-19)9-14-4-3-6-25-14;/h3-8,10,15,21H,2,9,11-12H2,1H3;1H. The highest BCUT2D eigenvalue weighted by Crippen LogP contribution is 2.38. The molecule has 0 spiro atoms. The van der Waals surface area contributed by atoms with Gasteiger partial charge in [0.15, 0.2) is 11.5 Å². The minimum atomic E-state index is 0. The summed E-state index contributed by atoms with van der Waals surface area (Å²) in [5.74, 6) is 2.35. The number of ether oxygens (including phenoxy) is 3. The Labute approximate surface area is 172 Å². The summed E-state index contributed by atoms with van der Waals surface area (Å²) in [7, 11) is 0. The third kappa shape index (κ3) is 4.73. The van der Waals surface area contributed by atoms with E-state index in [0.29, 0.717) is 13.2 Å².